The number of aryl methyl sites for hydroxylation is 1. The second-order valence-electron chi connectivity index (χ2n) is 6.64. The highest BCUT2D eigenvalue weighted by Crippen LogP contribution is 2.40. The predicted octanol–water partition coefficient (Wildman–Crippen LogP) is 1.88. The molecule has 27 heavy (non-hydrogen) atoms. The number of ether oxygens (including phenoxy) is 1. The maximum Gasteiger partial charge on any atom is 0.441 e. The van der Waals surface area contributed by atoms with Crippen LogP contribution in [-0.2, 0) is 29.4 Å². The minimum atomic E-state index is -0.557. The molecule has 8 nitrogen and oxygen atoms in total. The monoisotopic (exact) mass is 412 g/mol. The topological polar surface area (TPSA) is 105 Å². The average molecular weight is 413 g/mol. The van der Waals surface area contributed by atoms with E-state index in [1.807, 2.05) is 0 Å². The number of hydrogen-bond acceptors (Lipinski definition) is 7. The Morgan fingerprint density at radius 3 is 2.85 bits per heavy atom. The SMILES string of the molecule is COC(=O)c1c(NC(=O)C(C)Sc2c(=O)o[nH][n+]2C)sc2c1CCC(C)C2. The van der Waals surface area contributed by atoms with Gasteiger partial charge >= 0.3 is 16.6 Å². The lowest BCUT2D eigenvalue weighted by Gasteiger charge is -2.18. The highest BCUT2D eigenvalue weighted by atomic mass is 32.2. The Hall–Kier alpha value is -2.07. The Balaban J connectivity index is 1.83. The lowest BCUT2D eigenvalue weighted by molar-refractivity contribution is -0.772. The fraction of sp³-hybridized carbons (Fsp3) is 0.529. The first kappa shape index (κ1) is 19.7. The molecule has 10 heteroatoms. The van der Waals surface area contributed by atoms with Crippen LogP contribution in [0.5, 0.6) is 0 Å². The number of nitrogens with one attached hydrogen (secondary N) is 2. The summed E-state index contributed by atoms with van der Waals surface area (Å²) in [6.45, 7) is 3.87. The van der Waals surface area contributed by atoms with Gasteiger partial charge < -0.3 is 10.1 Å². The van der Waals surface area contributed by atoms with Crippen LogP contribution >= 0.6 is 23.1 Å². The largest absolute Gasteiger partial charge is 0.465 e. The lowest BCUT2D eigenvalue weighted by Crippen LogP contribution is -2.35. The van der Waals surface area contributed by atoms with Crippen molar-refractivity contribution in [3.63, 3.8) is 0 Å². The van der Waals surface area contributed by atoms with Gasteiger partial charge in [-0.05, 0) is 54.7 Å². The van der Waals surface area contributed by atoms with E-state index in [-0.39, 0.29) is 5.91 Å². The van der Waals surface area contributed by atoms with E-state index in [0.717, 1.165) is 41.5 Å². The summed E-state index contributed by atoms with van der Waals surface area (Å²) in [6.07, 6.45) is 2.70. The van der Waals surface area contributed by atoms with E-state index in [0.29, 0.717) is 21.5 Å². The molecule has 2 aromatic heterocycles. The van der Waals surface area contributed by atoms with Crippen molar-refractivity contribution in [1.82, 2.24) is 5.27 Å². The van der Waals surface area contributed by atoms with Crippen LogP contribution in [0.15, 0.2) is 14.3 Å². The van der Waals surface area contributed by atoms with Gasteiger partial charge in [0.15, 0.2) is 7.05 Å². The molecule has 0 spiro atoms. The number of hydrogen-bond donors (Lipinski definition) is 2. The minimum Gasteiger partial charge on any atom is -0.465 e. The van der Waals surface area contributed by atoms with Crippen LogP contribution in [0.2, 0.25) is 0 Å². The Bertz CT molecular complexity index is 930. The second kappa shape index (κ2) is 7.89. The Morgan fingerprint density at radius 2 is 2.22 bits per heavy atom. The minimum absolute atomic E-state index is 0.294. The first-order chi connectivity index (χ1) is 12.8. The van der Waals surface area contributed by atoms with Gasteiger partial charge in [-0.25, -0.2) is 9.59 Å². The van der Waals surface area contributed by atoms with E-state index < -0.39 is 16.8 Å². The summed E-state index contributed by atoms with van der Waals surface area (Å²) in [5, 5.41) is 5.53. The smallest absolute Gasteiger partial charge is 0.441 e. The maximum absolute atomic E-state index is 12.7. The van der Waals surface area contributed by atoms with Crippen molar-refractivity contribution in [2.24, 2.45) is 13.0 Å². The number of thiophene rings is 1. The molecule has 0 radical (unpaired) electrons. The van der Waals surface area contributed by atoms with Gasteiger partial charge in [-0.15, -0.1) is 11.3 Å². The number of H-pyrrole nitrogens is 1. The zero-order chi connectivity index (χ0) is 19.7. The molecule has 0 fully saturated rings. The van der Waals surface area contributed by atoms with Crippen LogP contribution < -0.4 is 15.6 Å². The number of nitrogens with zero attached hydrogens (tertiary/aromatic N) is 1. The molecule has 1 amide bonds. The van der Waals surface area contributed by atoms with Crippen LogP contribution in [0.4, 0.5) is 5.00 Å². The molecule has 2 atom stereocenters. The summed E-state index contributed by atoms with van der Waals surface area (Å²) >= 11 is 2.52. The third kappa shape index (κ3) is 3.96. The molecule has 2 N–H and O–H groups in total. The van der Waals surface area contributed by atoms with Crippen LogP contribution in [0.25, 0.3) is 0 Å². The van der Waals surface area contributed by atoms with Gasteiger partial charge in [0.05, 0.1) is 17.9 Å². The second-order valence-corrected chi connectivity index (χ2v) is 9.08. The van der Waals surface area contributed by atoms with Gasteiger partial charge in [0.2, 0.25) is 5.91 Å². The molecule has 3 rings (SSSR count). The fourth-order valence-electron chi connectivity index (χ4n) is 3.05. The van der Waals surface area contributed by atoms with Gasteiger partial charge in [0.25, 0.3) is 0 Å². The van der Waals surface area contributed by atoms with Crippen molar-refractivity contribution in [3.05, 3.63) is 26.4 Å². The van der Waals surface area contributed by atoms with Crippen LogP contribution in [-0.4, -0.2) is 29.5 Å². The molecule has 0 saturated carbocycles. The summed E-state index contributed by atoms with van der Waals surface area (Å²) in [6, 6.07) is 0. The van der Waals surface area contributed by atoms with E-state index in [1.54, 1.807) is 14.0 Å². The molecule has 1 aliphatic rings. The molecule has 0 saturated heterocycles. The Kier molecular flexibility index (Phi) is 5.75. The Morgan fingerprint density at radius 1 is 1.48 bits per heavy atom. The fourth-order valence-corrected chi connectivity index (χ4v) is 5.29. The lowest BCUT2D eigenvalue weighted by atomic mass is 9.88. The predicted molar refractivity (Wildman–Crippen MR) is 101 cm³/mol. The molecule has 2 unspecified atom stereocenters. The summed E-state index contributed by atoms with van der Waals surface area (Å²) in [5.41, 5.74) is 0.915. The molecule has 0 aromatic carbocycles. The number of carbonyl (C=O) groups excluding carboxylic acids is 2. The van der Waals surface area contributed by atoms with E-state index in [1.165, 1.54) is 23.1 Å². The van der Waals surface area contributed by atoms with E-state index in [4.69, 9.17) is 9.26 Å². The molecule has 0 bridgehead atoms. The molecule has 2 aromatic rings. The van der Waals surface area contributed by atoms with Crippen LogP contribution in [0.3, 0.4) is 0 Å². The quantitative estimate of drug-likeness (QED) is 0.441. The summed E-state index contributed by atoms with van der Waals surface area (Å²) in [5.74, 6) is -0.180. The van der Waals surface area contributed by atoms with E-state index in [2.05, 4.69) is 17.5 Å². The third-order valence-electron chi connectivity index (χ3n) is 4.55. The van der Waals surface area contributed by atoms with Gasteiger partial charge in [-0.1, -0.05) is 11.6 Å². The third-order valence-corrected chi connectivity index (χ3v) is 6.95. The van der Waals surface area contributed by atoms with Crippen molar-refractivity contribution in [1.29, 1.82) is 0 Å². The number of amides is 1. The van der Waals surface area contributed by atoms with Crippen molar-refractivity contribution in [2.75, 3.05) is 12.4 Å². The number of methoxy groups -OCH3 is 1. The van der Waals surface area contributed by atoms with Crippen molar-refractivity contribution < 1.29 is 23.5 Å². The van der Waals surface area contributed by atoms with Gasteiger partial charge in [0.1, 0.15) is 5.00 Å². The van der Waals surface area contributed by atoms with E-state index >= 15 is 0 Å². The normalized spacial score (nSPS) is 17.3. The summed E-state index contributed by atoms with van der Waals surface area (Å²) < 4.78 is 11.1. The highest BCUT2D eigenvalue weighted by Gasteiger charge is 2.31. The molecule has 146 valence electrons. The molecule has 2 heterocycles. The number of carbonyl (C=O) groups is 2. The number of aromatic amines is 1. The number of thioether (sulfide) groups is 1. The van der Waals surface area contributed by atoms with Gasteiger partial charge in [0, 0.05) is 4.88 Å². The van der Waals surface area contributed by atoms with Crippen molar-refractivity contribution in [2.45, 2.75) is 43.4 Å². The zero-order valence-corrected chi connectivity index (χ0v) is 17.2. The number of anilines is 1. The number of rotatable bonds is 5. The van der Waals surface area contributed by atoms with E-state index in [9.17, 15) is 14.4 Å². The first-order valence-electron chi connectivity index (χ1n) is 8.59. The molecular formula is C17H22N3O5S2+. The summed E-state index contributed by atoms with van der Waals surface area (Å²) in [4.78, 5) is 37.8. The van der Waals surface area contributed by atoms with Gasteiger partial charge in [-0.2, -0.15) is 0 Å². The highest BCUT2D eigenvalue weighted by molar-refractivity contribution is 8.00. The molecule has 1 aliphatic carbocycles. The van der Waals surface area contributed by atoms with Gasteiger partial charge in [-0.3, -0.25) is 9.32 Å². The van der Waals surface area contributed by atoms with Crippen LogP contribution in [0.1, 0.15) is 41.1 Å². The number of esters is 1. The molecular weight excluding hydrogens is 390 g/mol. The van der Waals surface area contributed by atoms with Crippen molar-refractivity contribution in [3.8, 4) is 0 Å². The van der Waals surface area contributed by atoms with Crippen LogP contribution in [0, 0.1) is 5.92 Å². The number of aromatic nitrogens is 2. The summed E-state index contributed by atoms with van der Waals surface area (Å²) in [7, 11) is 2.97. The standard InChI is InChI=1S/C17H21N3O5S2/c1-8-5-6-10-11(7-8)27-14(12(10)16(22)24-4)18-13(21)9(2)26-15-17(23)25-19-20(15)3/h8-9H,5-7H2,1-4H3,(H-,18,19,21,22,23)/p+1. The average Bonchev–Trinajstić information content (AvgIpc) is 3.14. The number of fused-ring (bicyclic) bond motifs is 1. The van der Waals surface area contributed by atoms with Crippen molar-refractivity contribution >= 4 is 40.0 Å². The maximum atomic E-state index is 12.7. The Labute approximate surface area is 164 Å². The molecule has 0 aliphatic heterocycles. The zero-order valence-electron chi connectivity index (χ0n) is 15.6. The first-order valence-corrected chi connectivity index (χ1v) is 10.3.